The summed E-state index contributed by atoms with van der Waals surface area (Å²) in [6, 6.07) is 6.51. The Labute approximate surface area is 179 Å². The second-order valence-electron chi connectivity index (χ2n) is 5.47. The Kier molecular flexibility index (Phi) is 7.80. The first-order valence-corrected chi connectivity index (χ1v) is 9.35. The van der Waals surface area contributed by atoms with E-state index in [1.165, 1.54) is 31.4 Å². The lowest BCUT2D eigenvalue weighted by atomic mass is 10.2. The zero-order valence-electron chi connectivity index (χ0n) is 15.4. The van der Waals surface area contributed by atoms with Crippen molar-refractivity contribution in [1.82, 2.24) is 0 Å². The van der Waals surface area contributed by atoms with Crippen LogP contribution in [0, 0.1) is 10.1 Å². The molecule has 0 aliphatic carbocycles. The predicted octanol–water partition coefficient (Wildman–Crippen LogP) is 4.21. The number of anilines is 1. The molecule has 0 heterocycles. The van der Waals surface area contributed by atoms with Crippen LogP contribution in [0.2, 0.25) is 5.02 Å². The van der Waals surface area contributed by atoms with E-state index in [-0.39, 0.29) is 22.0 Å². The molecule has 1 N–H and O–H groups in total. The van der Waals surface area contributed by atoms with E-state index in [9.17, 15) is 19.7 Å². The predicted molar refractivity (Wildman–Crippen MR) is 109 cm³/mol. The molecule has 0 spiro atoms. The van der Waals surface area contributed by atoms with Crippen molar-refractivity contribution in [3.63, 3.8) is 0 Å². The van der Waals surface area contributed by atoms with Crippen molar-refractivity contribution < 1.29 is 28.7 Å². The molecular weight excluding hydrogens is 472 g/mol. The molecule has 0 unspecified atom stereocenters. The molecule has 11 heteroatoms. The SMILES string of the molecule is CCOc1cc(C(=O)OCC(=O)Nc2ccc([N+](=O)[O-])cc2Cl)cc(Br)c1OC. The fourth-order valence-electron chi connectivity index (χ4n) is 2.27. The Hall–Kier alpha value is -2.85. The van der Waals surface area contributed by atoms with Crippen LogP contribution in [-0.4, -0.2) is 37.1 Å². The lowest BCUT2D eigenvalue weighted by Crippen LogP contribution is -2.21. The third-order valence-electron chi connectivity index (χ3n) is 3.52. The summed E-state index contributed by atoms with van der Waals surface area (Å²) >= 11 is 9.20. The third-order valence-corrected chi connectivity index (χ3v) is 4.42. The van der Waals surface area contributed by atoms with Gasteiger partial charge in [-0.15, -0.1) is 0 Å². The van der Waals surface area contributed by atoms with Crippen LogP contribution < -0.4 is 14.8 Å². The average molecular weight is 488 g/mol. The molecule has 0 saturated heterocycles. The molecule has 2 aromatic carbocycles. The van der Waals surface area contributed by atoms with Gasteiger partial charge in [0.25, 0.3) is 11.6 Å². The number of nitro benzene ring substituents is 1. The van der Waals surface area contributed by atoms with Crippen LogP contribution in [0.15, 0.2) is 34.8 Å². The van der Waals surface area contributed by atoms with E-state index in [4.69, 9.17) is 25.8 Å². The fraction of sp³-hybridized carbons (Fsp3) is 0.222. The van der Waals surface area contributed by atoms with Gasteiger partial charge in [0.1, 0.15) is 0 Å². The van der Waals surface area contributed by atoms with E-state index in [0.29, 0.717) is 22.6 Å². The highest BCUT2D eigenvalue weighted by atomic mass is 79.9. The number of carbonyl (C=O) groups is 2. The molecule has 29 heavy (non-hydrogen) atoms. The molecule has 2 rings (SSSR count). The molecule has 0 bridgehead atoms. The molecule has 1 amide bonds. The molecule has 2 aromatic rings. The number of nitro groups is 1. The second-order valence-corrected chi connectivity index (χ2v) is 6.73. The highest BCUT2D eigenvalue weighted by molar-refractivity contribution is 9.10. The zero-order chi connectivity index (χ0) is 21.6. The number of hydrogen-bond acceptors (Lipinski definition) is 7. The maximum atomic E-state index is 12.3. The highest BCUT2D eigenvalue weighted by Crippen LogP contribution is 2.36. The van der Waals surface area contributed by atoms with Crippen LogP contribution in [0.1, 0.15) is 17.3 Å². The molecule has 0 fully saturated rings. The average Bonchev–Trinajstić information content (AvgIpc) is 2.67. The van der Waals surface area contributed by atoms with Crippen LogP contribution in [0.5, 0.6) is 11.5 Å². The monoisotopic (exact) mass is 486 g/mol. The number of nitrogens with one attached hydrogen (secondary N) is 1. The Morgan fingerprint density at radius 2 is 2.00 bits per heavy atom. The molecule has 0 atom stereocenters. The summed E-state index contributed by atoms with van der Waals surface area (Å²) in [6.07, 6.45) is 0. The van der Waals surface area contributed by atoms with Crippen LogP contribution in [0.25, 0.3) is 0 Å². The van der Waals surface area contributed by atoms with Gasteiger partial charge in [-0.1, -0.05) is 11.6 Å². The number of benzene rings is 2. The van der Waals surface area contributed by atoms with Crippen LogP contribution in [0.3, 0.4) is 0 Å². The van der Waals surface area contributed by atoms with Gasteiger partial charge < -0.3 is 19.5 Å². The van der Waals surface area contributed by atoms with Gasteiger partial charge in [-0.2, -0.15) is 0 Å². The lowest BCUT2D eigenvalue weighted by molar-refractivity contribution is -0.384. The van der Waals surface area contributed by atoms with Crippen molar-refractivity contribution in [2.45, 2.75) is 6.92 Å². The number of halogens is 2. The standard InChI is InChI=1S/C18H16BrClN2O7/c1-3-28-15-7-10(6-12(19)17(15)27-2)18(24)29-9-16(23)21-14-5-4-11(22(25)26)8-13(14)20/h4-8H,3,9H2,1-2H3,(H,21,23). The first kappa shape index (κ1) is 22.4. The van der Waals surface area contributed by atoms with Crippen molar-refractivity contribution in [1.29, 1.82) is 0 Å². The quantitative estimate of drug-likeness (QED) is 0.337. The van der Waals surface area contributed by atoms with Gasteiger partial charge in [0, 0.05) is 12.1 Å². The minimum absolute atomic E-state index is 0.0145. The minimum Gasteiger partial charge on any atom is -0.492 e. The Balaban J connectivity index is 2.03. The summed E-state index contributed by atoms with van der Waals surface area (Å²) in [5.41, 5.74) is 0.0982. The van der Waals surface area contributed by atoms with Crippen LogP contribution >= 0.6 is 27.5 Å². The zero-order valence-corrected chi connectivity index (χ0v) is 17.7. The van der Waals surface area contributed by atoms with Gasteiger partial charge in [-0.3, -0.25) is 14.9 Å². The molecule has 0 aliphatic rings. The Morgan fingerprint density at radius 1 is 1.28 bits per heavy atom. The van der Waals surface area contributed by atoms with Crippen molar-refractivity contribution in [3.8, 4) is 11.5 Å². The van der Waals surface area contributed by atoms with Gasteiger partial charge in [0.05, 0.1) is 39.4 Å². The number of esters is 1. The van der Waals surface area contributed by atoms with E-state index in [1.54, 1.807) is 6.92 Å². The summed E-state index contributed by atoms with van der Waals surface area (Å²) in [6.45, 7) is 1.56. The number of non-ortho nitro benzene ring substituents is 1. The normalized spacial score (nSPS) is 10.2. The number of methoxy groups -OCH3 is 1. The second kappa shape index (κ2) is 10.1. The van der Waals surface area contributed by atoms with E-state index in [2.05, 4.69) is 21.2 Å². The molecule has 0 radical (unpaired) electrons. The Bertz CT molecular complexity index is 952. The molecule has 154 valence electrons. The van der Waals surface area contributed by atoms with Gasteiger partial charge in [-0.25, -0.2) is 4.79 Å². The van der Waals surface area contributed by atoms with Crippen molar-refractivity contribution in [2.75, 3.05) is 25.6 Å². The molecule has 9 nitrogen and oxygen atoms in total. The summed E-state index contributed by atoms with van der Waals surface area (Å²) in [7, 11) is 1.47. The maximum absolute atomic E-state index is 12.3. The Morgan fingerprint density at radius 3 is 2.59 bits per heavy atom. The van der Waals surface area contributed by atoms with Gasteiger partial charge in [0.2, 0.25) is 0 Å². The number of hydrogen-bond donors (Lipinski definition) is 1. The number of nitrogens with zero attached hydrogens (tertiary/aromatic N) is 1. The number of carbonyl (C=O) groups excluding carboxylic acids is 2. The highest BCUT2D eigenvalue weighted by Gasteiger charge is 2.18. The van der Waals surface area contributed by atoms with Crippen molar-refractivity contribution in [3.05, 3.63) is 55.5 Å². The number of rotatable bonds is 8. The van der Waals surface area contributed by atoms with Gasteiger partial charge in [0.15, 0.2) is 18.1 Å². The summed E-state index contributed by atoms with van der Waals surface area (Å²) in [4.78, 5) is 34.4. The van der Waals surface area contributed by atoms with Gasteiger partial charge >= 0.3 is 5.97 Å². The molecule has 0 saturated carbocycles. The fourth-order valence-corrected chi connectivity index (χ4v) is 3.09. The summed E-state index contributed by atoms with van der Waals surface area (Å²) in [5, 5.41) is 13.1. The number of ether oxygens (including phenoxy) is 3. The van der Waals surface area contributed by atoms with E-state index in [1.807, 2.05) is 0 Å². The van der Waals surface area contributed by atoms with Crippen LogP contribution in [0.4, 0.5) is 11.4 Å². The molecule has 0 aliphatic heterocycles. The van der Waals surface area contributed by atoms with Crippen molar-refractivity contribution >= 4 is 50.8 Å². The first-order valence-electron chi connectivity index (χ1n) is 8.18. The van der Waals surface area contributed by atoms with E-state index >= 15 is 0 Å². The largest absolute Gasteiger partial charge is 0.492 e. The van der Waals surface area contributed by atoms with Crippen LogP contribution in [-0.2, 0) is 9.53 Å². The van der Waals surface area contributed by atoms with E-state index < -0.39 is 23.4 Å². The minimum atomic E-state index is -0.751. The molecule has 0 aromatic heterocycles. The summed E-state index contributed by atoms with van der Waals surface area (Å²) in [5.74, 6) is -0.640. The topological polar surface area (TPSA) is 117 Å². The maximum Gasteiger partial charge on any atom is 0.338 e. The first-order chi connectivity index (χ1) is 13.8. The molecular formula is C18H16BrClN2O7. The lowest BCUT2D eigenvalue weighted by Gasteiger charge is -2.13. The van der Waals surface area contributed by atoms with E-state index in [0.717, 1.165) is 6.07 Å². The van der Waals surface area contributed by atoms with Crippen molar-refractivity contribution in [2.24, 2.45) is 0 Å². The smallest absolute Gasteiger partial charge is 0.338 e. The number of amides is 1. The van der Waals surface area contributed by atoms with Gasteiger partial charge in [-0.05, 0) is 41.1 Å². The third kappa shape index (κ3) is 5.81. The summed E-state index contributed by atoms with van der Waals surface area (Å²) < 4.78 is 16.2.